The summed E-state index contributed by atoms with van der Waals surface area (Å²) in [6, 6.07) is 30.0. The van der Waals surface area contributed by atoms with Crippen LogP contribution in [0.3, 0.4) is 0 Å². The Kier molecular flexibility index (Phi) is 5.75. The lowest BCUT2D eigenvalue weighted by molar-refractivity contribution is 0.102. The molecule has 0 aromatic heterocycles. The van der Waals surface area contributed by atoms with Crippen molar-refractivity contribution in [3.63, 3.8) is 0 Å². The molecule has 4 rings (SSSR count). The number of hydrogen-bond donors (Lipinski definition) is 3. The molecule has 0 radical (unpaired) electrons. The van der Waals surface area contributed by atoms with E-state index in [9.17, 15) is 20.1 Å². The zero-order chi connectivity index (χ0) is 21.8. The predicted octanol–water partition coefficient (Wildman–Crippen LogP) is 3.98. The van der Waals surface area contributed by atoms with Crippen molar-refractivity contribution >= 4 is 29.0 Å². The van der Waals surface area contributed by atoms with E-state index in [-0.39, 0.29) is 29.2 Å². The van der Waals surface area contributed by atoms with Crippen LogP contribution >= 0.6 is 7.26 Å². The fourth-order valence-corrected chi connectivity index (χ4v) is 7.80. The lowest BCUT2D eigenvalue weighted by Gasteiger charge is -2.27. The van der Waals surface area contributed by atoms with Gasteiger partial charge in [0.25, 0.3) is 0 Å². The van der Waals surface area contributed by atoms with Crippen molar-refractivity contribution in [1.29, 1.82) is 0 Å². The third-order valence-corrected chi connectivity index (χ3v) is 9.65. The molecule has 3 N–H and O–H groups in total. The van der Waals surface area contributed by atoms with E-state index in [0.29, 0.717) is 5.56 Å². The lowest BCUT2D eigenvalue weighted by Crippen LogP contribution is -2.35. The van der Waals surface area contributed by atoms with E-state index in [2.05, 4.69) is 0 Å². The Morgan fingerprint density at radius 2 is 0.903 bits per heavy atom. The highest BCUT2D eigenvalue weighted by atomic mass is 31.2. The van der Waals surface area contributed by atoms with Gasteiger partial charge in [-0.3, -0.25) is 4.79 Å². The molecule has 4 aromatic carbocycles. The molecule has 5 heteroatoms. The highest BCUT2D eigenvalue weighted by Gasteiger charge is 2.47. The maximum atomic E-state index is 13.5. The van der Waals surface area contributed by atoms with Crippen LogP contribution in [-0.4, -0.2) is 27.3 Å². The maximum absolute atomic E-state index is 13.5. The number of benzene rings is 4. The molecule has 0 saturated heterocycles. The number of hydrogen-bond acceptors (Lipinski definition) is 4. The van der Waals surface area contributed by atoms with E-state index in [1.807, 2.05) is 66.7 Å². The quantitative estimate of drug-likeness (QED) is 0.320. The van der Waals surface area contributed by atoms with Crippen LogP contribution in [0.4, 0.5) is 0 Å². The van der Waals surface area contributed by atoms with Crippen LogP contribution < -0.4 is 15.9 Å². The molecule has 4 aromatic rings. The summed E-state index contributed by atoms with van der Waals surface area (Å²) in [4.78, 5) is 13.5. The Morgan fingerprint density at radius 1 is 0.548 bits per heavy atom. The molecule has 0 spiro atoms. The van der Waals surface area contributed by atoms with Crippen LogP contribution in [0, 0.1) is 0 Å². The smallest absolute Gasteiger partial charge is 0.201 e. The average molecular weight is 429 g/mol. The molecular weight excluding hydrogens is 407 g/mol. The fourth-order valence-electron chi connectivity index (χ4n) is 3.77. The normalized spacial score (nSPS) is 11.2. The number of Topliss-reactive ketones (excluding diaryl/α,β-unsaturated/α-hetero) is 1. The van der Waals surface area contributed by atoms with Crippen molar-refractivity contribution in [2.45, 2.75) is 0 Å². The van der Waals surface area contributed by atoms with Gasteiger partial charge in [0, 0.05) is 5.56 Å². The molecule has 0 atom stereocenters. The highest BCUT2D eigenvalue weighted by Crippen LogP contribution is 2.56. The molecule has 31 heavy (non-hydrogen) atoms. The third-order valence-electron chi connectivity index (χ3n) is 5.35. The summed E-state index contributed by atoms with van der Waals surface area (Å²) in [6.45, 7) is 0. The van der Waals surface area contributed by atoms with Gasteiger partial charge in [-0.1, -0.05) is 30.3 Å². The van der Waals surface area contributed by atoms with Gasteiger partial charge in [-0.15, -0.1) is 0 Å². The average Bonchev–Trinajstić information content (AvgIpc) is 2.80. The molecule has 0 bridgehead atoms. The second-order valence-corrected chi connectivity index (χ2v) is 10.8. The standard InChI is InChI=1S/C26H21O4P/c27-20-6-12-23(13-7-20)31(24-14-8-21(28)9-15-24,25-16-10-22(29)11-17-25)18-26(30)19-4-2-1-3-5-19/h1-17H,18H2,(H2-,27,28,29)/p+1. The van der Waals surface area contributed by atoms with E-state index in [0.717, 1.165) is 15.9 Å². The lowest BCUT2D eigenvalue weighted by atomic mass is 10.2. The van der Waals surface area contributed by atoms with Crippen LogP contribution in [0.15, 0.2) is 103 Å². The van der Waals surface area contributed by atoms with Crippen LogP contribution in [0.25, 0.3) is 0 Å². The number of phenolic OH excluding ortho intramolecular Hbond substituents is 3. The Balaban J connectivity index is 1.97. The van der Waals surface area contributed by atoms with E-state index in [1.165, 1.54) is 0 Å². The van der Waals surface area contributed by atoms with Crippen LogP contribution in [0.2, 0.25) is 0 Å². The van der Waals surface area contributed by atoms with Crippen LogP contribution in [0.5, 0.6) is 17.2 Å². The first-order valence-electron chi connectivity index (χ1n) is 9.84. The van der Waals surface area contributed by atoms with E-state index < -0.39 is 7.26 Å². The third kappa shape index (κ3) is 4.16. The van der Waals surface area contributed by atoms with Gasteiger partial charge in [-0.25, -0.2) is 0 Å². The topological polar surface area (TPSA) is 77.8 Å². The summed E-state index contributed by atoms with van der Waals surface area (Å²) in [5.41, 5.74) is 0.628. The zero-order valence-electron chi connectivity index (χ0n) is 16.7. The Hall–Kier alpha value is -3.62. The first-order chi connectivity index (χ1) is 15.0. The summed E-state index contributed by atoms with van der Waals surface area (Å²) in [6.07, 6.45) is 0.233. The Labute approximate surface area is 181 Å². The molecule has 0 fully saturated rings. The second-order valence-electron chi connectivity index (χ2n) is 7.31. The summed E-state index contributed by atoms with van der Waals surface area (Å²) < 4.78 is 0. The van der Waals surface area contributed by atoms with E-state index >= 15 is 0 Å². The van der Waals surface area contributed by atoms with Gasteiger partial charge in [-0.05, 0) is 72.8 Å². The number of ketones is 1. The number of carbonyl (C=O) groups excluding carboxylic acids is 1. The molecule has 0 saturated carbocycles. The minimum absolute atomic E-state index is 0.00292. The minimum Gasteiger partial charge on any atom is -0.508 e. The number of carbonyl (C=O) groups is 1. The van der Waals surface area contributed by atoms with Gasteiger partial charge < -0.3 is 15.3 Å². The van der Waals surface area contributed by atoms with Gasteiger partial charge in [0.15, 0.2) is 0 Å². The molecule has 0 unspecified atom stereocenters. The molecule has 4 nitrogen and oxygen atoms in total. The Bertz CT molecular complexity index is 1060. The number of rotatable bonds is 6. The molecular formula is C26H22O4P+. The van der Waals surface area contributed by atoms with Gasteiger partial charge in [0.2, 0.25) is 5.78 Å². The first kappa shape index (κ1) is 20.6. The molecule has 0 aliphatic rings. The SMILES string of the molecule is O=C(C[P+](c1ccc(O)cc1)(c1ccc(O)cc1)c1ccc(O)cc1)c1ccccc1. The van der Waals surface area contributed by atoms with Crippen LogP contribution in [-0.2, 0) is 0 Å². The Morgan fingerprint density at radius 3 is 1.26 bits per heavy atom. The fraction of sp³-hybridized carbons (Fsp3) is 0.0385. The maximum Gasteiger partial charge on any atom is 0.201 e. The summed E-state index contributed by atoms with van der Waals surface area (Å²) >= 11 is 0. The highest BCUT2D eigenvalue weighted by molar-refractivity contribution is 7.96. The largest absolute Gasteiger partial charge is 0.508 e. The van der Waals surface area contributed by atoms with Crippen molar-refractivity contribution in [2.75, 3.05) is 6.16 Å². The molecule has 0 aliphatic carbocycles. The van der Waals surface area contributed by atoms with Gasteiger partial charge in [-0.2, -0.15) is 0 Å². The van der Waals surface area contributed by atoms with Gasteiger partial charge in [0.05, 0.1) is 0 Å². The summed E-state index contributed by atoms with van der Waals surface area (Å²) in [7, 11) is -2.52. The zero-order valence-corrected chi connectivity index (χ0v) is 17.6. The molecule has 154 valence electrons. The van der Waals surface area contributed by atoms with Gasteiger partial charge in [0.1, 0.15) is 46.6 Å². The van der Waals surface area contributed by atoms with Crippen molar-refractivity contribution in [1.82, 2.24) is 0 Å². The van der Waals surface area contributed by atoms with Crippen molar-refractivity contribution < 1.29 is 20.1 Å². The minimum atomic E-state index is -2.52. The second kappa shape index (κ2) is 8.63. The summed E-state index contributed by atoms with van der Waals surface area (Å²) in [5, 5.41) is 32.4. The first-order valence-corrected chi connectivity index (χ1v) is 11.8. The van der Waals surface area contributed by atoms with Crippen LogP contribution in [0.1, 0.15) is 10.4 Å². The van der Waals surface area contributed by atoms with E-state index in [1.54, 1.807) is 36.4 Å². The molecule has 0 heterocycles. The predicted molar refractivity (Wildman–Crippen MR) is 126 cm³/mol. The molecule has 0 aliphatic heterocycles. The monoisotopic (exact) mass is 429 g/mol. The van der Waals surface area contributed by atoms with E-state index in [4.69, 9.17) is 0 Å². The number of aromatic hydroxyl groups is 3. The van der Waals surface area contributed by atoms with Crippen molar-refractivity contribution in [3.05, 3.63) is 109 Å². The van der Waals surface area contributed by atoms with Crippen molar-refractivity contribution in [3.8, 4) is 17.2 Å². The van der Waals surface area contributed by atoms with Crippen molar-refractivity contribution in [2.24, 2.45) is 0 Å². The molecule has 0 amide bonds. The van der Waals surface area contributed by atoms with Gasteiger partial charge >= 0.3 is 0 Å². The summed E-state index contributed by atoms with van der Waals surface area (Å²) in [5.74, 6) is 0.441. The number of phenols is 3.